The summed E-state index contributed by atoms with van der Waals surface area (Å²) in [6.45, 7) is 6.43. The molecule has 0 radical (unpaired) electrons. The molecule has 0 N–H and O–H groups in total. The Morgan fingerprint density at radius 1 is 1.36 bits per heavy atom. The molecule has 3 aliphatic rings. The molecule has 0 aliphatic heterocycles. The van der Waals surface area contributed by atoms with Crippen LogP contribution in [0.25, 0.3) is 0 Å². The third-order valence-electron chi connectivity index (χ3n) is 6.21. The Bertz CT molecular complexity index is 757. The number of methoxy groups -OCH3 is 1. The standard InChI is InChI=1S/C22H27NO2/c1-21(2)13-8-11-16-17(12-14-23)22(3,15-9-6-5-7-10-15)19(18(16)21)20(24)25-4/h8-9,11,13,17H,5-7,10,12H2,1-4H3. The number of rotatable bonds is 3. The molecule has 132 valence electrons. The Hall–Kier alpha value is -2.08. The van der Waals surface area contributed by atoms with Gasteiger partial charge in [-0.2, -0.15) is 5.26 Å². The van der Waals surface area contributed by atoms with Gasteiger partial charge >= 0.3 is 5.97 Å². The van der Waals surface area contributed by atoms with Gasteiger partial charge in [0.15, 0.2) is 0 Å². The number of ether oxygens (including phenoxy) is 1. The Balaban J connectivity index is 2.30. The number of fused-ring (bicyclic) bond motifs is 1. The van der Waals surface area contributed by atoms with Crippen LogP contribution in [0.1, 0.15) is 52.9 Å². The van der Waals surface area contributed by atoms with Crippen molar-refractivity contribution in [3.05, 3.63) is 46.6 Å². The Labute approximate surface area is 150 Å². The van der Waals surface area contributed by atoms with Gasteiger partial charge in [0.2, 0.25) is 0 Å². The van der Waals surface area contributed by atoms with Crippen molar-refractivity contribution in [2.24, 2.45) is 16.7 Å². The number of nitrogens with zero attached hydrogens (tertiary/aromatic N) is 1. The van der Waals surface area contributed by atoms with Gasteiger partial charge in [-0.1, -0.05) is 50.6 Å². The highest BCUT2D eigenvalue weighted by atomic mass is 16.5. The van der Waals surface area contributed by atoms with Crippen LogP contribution < -0.4 is 0 Å². The lowest BCUT2D eigenvalue weighted by molar-refractivity contribution is -0.137. The molecule has 0 bridgehead atoms. The summed E-state index contributed by atoms with van der Waals surface area (Å²) in [7, 11) is 1.46. The summed E-state index contributed by atoms with van der Waals surface area (Å²) in [6.07, 6.45) is 13.4. The summed E-state index contributed by atoms with van der Waals surface area (Å²) in [6, 6.07) is 2.37. The topological polar surface area (TPSA) is 50.1 Å². The first-order chi connectivity index (χ1) is 11.9. The van der Waals surface area contributed by atoms with Gasteiger partial charge in [0, 0.05) is 23.2 Å². The molecule has 0 amide bonds. The number of hydrogen-bond donors (Lipinski definition) is 0. The molecule has 2 atom stereocenters. The first kappa shape index (κ1) is 17.7. The molecule has 0 saturated heterocycles. The fourth-order valence-corrected chi connectivity index (χ4v) is 4.95. The van der Waals surface area contributed by atoms with E-state index >= 15 is 0 Å². The van der Waals surface area contributed by atoms with E-state index in [1.807, 2.05) is 0 Å². The zero-order valence-corrected chi connectivity index (χ0v) is 15.7. The third kappa shape index (κ3) is 2.59. The predicted molar refractivity (Wildman–Crippen MR) is 98.4 cm³/mol. The van der Waals surface area contributed by atoms with E-state index in [4.69, 9.17) is 4.74 Å². The minimum Gasteiger partial charge on any atom is -0.466 e. The smallest absolute Gasteiger partial charge is 0.334 e. The second-order valence-corrected chi connectivity index (χ2v) is 8.04. The van der Waals surface area contributed by atoms with E-state index in [0.29, 0.717) is 6.42 Å². The number of esters is 1. The number of allylic oxidation sites excluding steroid dienone is 7. The molecular weight excluding hydrogens is 310 g/mol. The first-order valence-corrected chi connectivity index (χ1v) is 9.17. The Morgan fingerprint density at radius 2 is 2.12 bits per heavy atom. The average molecular weight is 337 g/mol. The van der Waals surface area contributed by atoms with Crippen molar-refractivity contribution in [2.45, 2.75) is 52.9 Å². The van der Waals surface area contributed by atoms with Gasteiger partial charge in [0.25, 0.3) is 0 Å². The largest absolute Gasteiger partial charge is 0.466 e. The molecule has 0 heterocycles. The number of carbonyl (C=O) groups excluding carboxylic acids is 1. The van der Waals surface area contributed by atoms with Crippen LogP contribution in [-0.2, 0) is 9.53 Å². The van der Waals surface area contributed by atoms with E-state index in [-0.39, 0.29) is 17.3 Å². The molecule has 3 heteroatoms. The quantitative estimate of drug-likeness (QED) is 0.536. The summed E-state index contributed by atoms with van der Waals surface area (Å²) in [5.41, 5.74) is 3.59. The maximum atomic E-state index is 12.9. The van der Waals surface area contributed by atoms with E-state index < -0.39 is 5.41 Å². The highest BCUT2D eigenvalue weighted by molar-refractivity contribution is 5.95. The minimum absolute atomic E-state index is 0.00942. The van der Waals surface area contributed by atoms with Crippen LogP contribution in [0.2, 0.25) is 0 Å². The summed E-state index contributed by atoms with van der Waals surface area (Å²) in [4.78, 5) is 12.9. The first-order valence-electron chi connectivity index (χ1n) is 9.17. The maximum Gasteiger partial charge on any atom is 0.334 e. The lowest BCUT2D eigenvalue weighted by Crippen LogP contribution is -2.33. The van der Waals surface area contributed by atoms with E-state index in [2.05, 4.69) is 51.1 Å². The van der Waals surface area contributed by atoms with Crippen LogP contribution in [0.3, 0.4) is 0 Å². The fraction of sp³-hybridized carbons (Fsp3) is 0.545. The van der Waals surface area contributed by atoms with Crippen molar-refractivity contribution in [1.29, 1.82) is 5.26 Å². The highest BCUT2D eigenvalue weighted by Crippen LogP contribution is 2.62. The van der Waals surface area contributed by atoms with Crippen molar-refractivity contribution in [3.8, 4) is 6.07 Å². The zero-order chi connectivity index (χ0) is 18.2. The monoisotopic (exact) mass is 337 g/mol. The lowest BCUT2D eigenvalue weighted by Gasteiger charge is -2.37. The summed E-state index contributed by atoms with van der Waals surface area (Å²) in [5, 5.41) is 9.51. The van der Waals surface area contributed by atoms with Crippen molar-refractivity contribution in [1.82, 2.24) is 0 Å². The Kier molecular flexibility index (Phi) is 4.49. The fourth-order valence-electron chi connectivity index (χ4n) is 4.95. The molecule has 0 aromatic carbocycles. The van der Waals surface area contributed by atoms with Gasteiger partial charge in [-0.15, -0.1) is 0 Å². The molecule has 3 aliphatic carbocycles. The number of carbonyl (C=O) groups is 1. The van der Waals surface area contributed by atoms with Crippen LogP contribution in [-0.4, -0.2) is 13.1 Å². The Morgan fingerprint density at radius 3 is 2.72 bits per heavy atom. The van der Waals surface area contributed by atoms with Crippen molar-refractivity contribution >= 4 is 5.97 Å². The zero-order valence-electron chi connectivity index (χ0n) is 15.7. The van der Waals surface area contributed by atoms with Crippen LogP contribution in [0, 0.1) is 28.1 Å². The lowest BCUT2D eigenvalue weighted by atomic mass is 9.65. The summed E-state index contributed by atoms with van der Waals surface area (Å²) in [5.74, 6) is -0.242. The van der Waals surface area contributed by atoms with Gasteiger partial charge in [0.1, 0.15) is 0 Å². The van der Waals surface area contributed by atoms with Gasteiger partial charge in [-0.3, -0.25) is 0 Å². The minimum atomic E-state index is -0.451. The normalized spacial score (nSPS) is 30.3. The van der Waals surface area contributed by atoms with Crippen molar-refractivity contribution in [3.63, 3.8) is 0 Å². The molecule has 0 fully saturated rings. The number of nitriles is 1. The molecule has 0 spiro atoms. The predicted octanol–water partition coefficient (Wildman–Crippen LogP) is 5.03. The summed E-state index contributed by atoms with van der Waals surface area (Å²) < 4.78 is 5.23. The van der Waals surface area contributed by atoms with Gasteiger partial charge in [0.05, 0.1) is 18.8 Å². The molecule has 2 unspecified atom stereocenters. The van der Waals surface area contributed by atoms with Crippen molar-refractivity contribution < 1.29 is 9.53 Å². The average Bonchev–Trinajstić information content (AvgIpc) is 2.87. The van der Waals surface area contributed by atoms with Crippen LogP contribution in [0.4, 0.5) is 0 Å². The van der Waals surface area contributed by atoms with E-state index in [9.17, 15) is 10.1 Å². The molecule has 3 rings (SSSR count). The van der Waals surface area contributed by atoms with E-state index in [1.54, 1.807) is 0 Å². The van der Waals surface area contributed by atoms with E-state index in [0.717, 1.165) is 36.0 Å². The van der Waals surface area contributed by atoms with Crippen LogP contribution in [0.5, 0.6) is 0 Å². The van der Waals surface area contributed by atoms with E-state index in [1.165, 1.54) is 19.1 Å². The van der Waals surface area contributed by atoms with Crippen molar-refractivity contribution in [2.75, 3.05) is 7.11 Å². The van der Waals surface area contributed by atoms with Gasteiger partial charge in [-0.25, -0.2) is 4.79 Å². The molecule has 3 nitrogen and oxygen atoms in total. The number of hydrogen-bond acceptors (Lipinski definition) is 3. The summed E-state index contributed by atoms with van der Waals surface area (Å²) >= 11 is 0. The highest BCUT2D eigenvalue weighted by Gasteiger charge is 2.55. The van der Waals surface area contributed by atoms with Crippen LogP contribution >= 0.6 is 0 Å². The SMILES string of the molecule is COC(=O)C1=C2C(=CC=CC2(C)C)C(CC#N)C1(C)C1=CCCCC1. The van der Waals surface area contributed by atoms with Gasteiger partial charge < -0.3 is 4.74 Å². The second-order valence-electron chi connectivity index (χ2n) is 8.04. The molecule has 0 aromatic heterocycles. The van der Waals surface area contributed by atoms with Gasteiger partial charge in [-0.05, 0) is 36.8 Å². The molecule has 0 saturated carbocycles. The van der Waals surface area contributed by atoms with Crippen LogP contribution in [0.15, 0.2) is 46.6 Å². The third-order valence-corrected chi connectivity index (χ3v) is 6.21. The maximum absolute atomic E-state index is 12.9. The molecule has 25 heavy (non-hydrogen) atoms. The molecular formula is C22H27NO2. The second kappa shape index (κ2) is 6.33. The molecule has 0 aromatic rings.